The minimum atomic E-state index is -0.889. The number of likely N-dealkylation sites (tertiary alicyclic amines) is 2. The van der Waals surface area contributed by atoms with Crippen molar-refractivity contribution in [2.75, 3.05) is 47.1 Å². The number of carbonyl (C=O) groups excluding carboxylic acids is 8. The van der Waals surface area contributed by atoms with Gasteiger partial charge in [0.05, 0.1) is 14.2 Å². The van der Waals surface area contributed by atoms with Crippen LogP contribution in [0.4, 0.5) is 9.59 Å². The Morgan fingerprint density at radius 2 is 1.12 bits per heavy atom. The Morgan fingerprint density at radius 1 is 0.644 bits per heavy atom. The number of methoxy groups -OCH3 is 2. The summed E-state index contributed by atoms with van der Waals surface area (Å²) in [5, 5.41) is 4.87. The van der Waals surface area contributed by atoms with Crippen LogP contribution in [0.5, 0.6) is 0 Å². The van der Waals surface area contributed by atoms with Crippen molar-refractivity contribution >= 4 is 47.5 Å². The molecule has 2 aliphatic carbocycles. The summed E-state index contributed by atoms with van der Waals surface area (Å²) in [7, 11) is 2.40. The van der Waals surface area contributed by atoms with E-state index in [1.165, 1.54) is 24.0 Å². The van der Waals surface area contributed by atoms with E-state index in [0.29, 0.717) is 62.7 Å². The first kappa shape index (κ1) is 42.8. The quantitative estimate of drug-likeness (QED) is 0.160. The third kappa shape index (κ3) is 9.26. The number of nitrogens with zero attached hydrogens (tertiary/aromatic N) is 2. The van der Waals surface area contributed by atoms with Crippen LogP contribution in [0.25, 0.3) is 11.1 Å². The van der Waals surface area contributed by atoms with Gasteiger partial charge in [0.15, 0.2) is 13.2 Å². The van der Waals surface area contributed by atoms with Gasteiger partial charge in [-0.05, 0) is 104 Å². The van der Waals surface area contributed by atoms with Crippen molar-refractivity contribution in [3.05, 3.63) is 57.6 Å². The Bertz CT molecular complexity index is 2030. The Morgan fingerprint density at radius 3 is 1.61 bits per heavy atom. The molecular formula is C43H52N4O12. The molecule has 0 spiro atoms. The SMILES string of the molecule is COC(=O)NCC(=O)N1CCC[C@H]1C(=O)OCC(=O)c1ccc(-c2ccc(C(=O)COC(=O)[C@@H]3CCCN3C(=O)[C@@H](NC(=O)OC)C(C)C)c3c2CCC3)c2c1CCC2. The second-order valence-corrected chi connectivity index (χ2v) is 15.6. The van der Waals surface area contributed by atoms with E-state index in [2.05, 4.69) is 20.1 Å². The molecule has 59 heavy (non-hydrogen) atoms. The molecule has 3 atom stereocenters. The highest BCUT2D eigenvalue weighted by Crippen LogP contribution is 2.40. The molecular weight excluding hydrogens is 764 g/mol. The Kier molecular flexibility index (Phi) is 13.7. The molecule has 0 bridgehead atoms. The molecule has 16 heteroatoms. The molecule has 2 saturated heterocycles. The first-order valence-corrected chi connectivity index (χ1v) is 20.3. The van der Waals surface area contributed by atoms with Gasteiger partial charge in [0.25, 0.3) is 0 Å². The lowest BCUT2D eigenvalue weighted by Gasteiger charge is -2.29. The van der Waals surface area contributed by atoms with E-state index in [0.717, 1.165) is 59.1 Å². The van der Waals surface area contributed by atoms with E-state index in [9.17, 15) is 38.4 Å². The molecule has 0 saturated carbocycles. The summed E-state index contributed by atoms with van der Waals surface area (Å²) in [6.07, 6.45) is 5.00. The number of amides is 4. The van der Waals surface area contributed by atoms with Crippen molar-refractivity contribution in [2.24, 2.45) is 5.92 Å². The molecule has 2 aromatic rings. The summed E-state index contributed by atoms with van der Waals surface area (Å²) in [5.74, 6) is -3.13. The molecule has 4 amide bonds. The van der Waals surface area contributed by atoms with Crippen LogP contribution in [0.15, 0.2) is 24.3 Å². The summed E-state index contributed by atoms with van der Waals surface area (Å²) in [4.78, 5) is 106. The number of benzene rings is 2. The lowest BCUT2D eigenvalue weighted by atomic mass is 9.87. The Balaban J connectivity index is 1.11. The van der Waals surface area contributed by atoms with Crippen molar-refractivity contribution in [1.29, 1.82) is 0 Å². The molecule has 6 rings (SSSR count). The fourth-order valence-electron chi connectivity index (χ4n) is 8.85. The summed E-state index contributed by atoms with van der Waals surface area (Å²) in [6.45, 7) is 2.95. The van der Waals surface area contributed by atoms with Crippen molar-refractivity contribution in [1.82, 2.24) is 20.4 Å². The second kappa shape index (κ2) is 18.9. The van der Waals surface area contributed by atoms with Gasteiger partial charge in [0.2, 0.25) is 23.4 Å². The fourth-order valence-corrected chi connectivity index (χ4v) is 8.85. The summed E-state index contributed by atoms with van der Waals surface area (Å²) >= 11 is 0. The highest BCUT2D eigenvalue weighted by Gasteiger charge is 2.40. The molecule has 2 fully saturated rings. The number of nitrogens with one attached hydrogen (secondary N) is 2. The number of fused-ring (bicyclic) bond motifs is 2. The number of esters is 2. The number of ketones is 2. The second-order valence-electron chi connectivity index (χ2n) is 15.6. The van der Waals surface area contributed by atoms with E-state index in [4.69, 9.17) is 9.47 Å². The maximum atomic E-state index is 13.6. The van der Waals surface area contributed by atoms with E-state index in [1.807, 2.05) is 12.1 Å². The number of hydrogen-bond acceptors (Lipinski definition) is 12. The molecule has 2 aliphatic heterocycles. The number of rotatable bonds is 14. The molecule has 316 valence electrons. The molecule has 0 radical (unpaired) electrons. The van der Waals surface area contributed by atoms with Gasteiger partial charge in [-0.1, -0.05) is 38.1 Å². The van der Waals surface area contributed by atoms with Crippen molar-refractivity contribution < 1.29 is 57.3 Å². The van der Waals surface area contributed by atoms with E-state index in [-0.39, 0.29) is 24.0 Å². The number of alkyl carbamates (subject to hydrolysis) is 2. The fraction of sp³-hybridized carbons (Fsp3) is 0.535. The monoisotopic (exact) mass is 816 g/mol. The largest absolute Gasteiger partial charge is 0.456 e. The average Bonchev–Trinajstić information content (AvgIpc) is 4.08. The maximum Gasteiger partial charge on any atom is 0.407 e. The predicted octanol–water partition coefficient (Wildman–Crippen LogP) is 3.50. The van der Waals surface area contributed by atoms with Crippen LogP contribution >= 0.6 is 0 Å². The molecule has 0 unspecified atom stereocenters. The van der Waals surface area contributed by atoms with Crippen LogP contribution in [-0.2, 0) is 63.8 Å². The average molecular weight is 817 g/mol. The van der Waals surface area contributed by atoms with Gasteiger partial charge >= 0.3 is 24.1 Å². The number of hydrogen-bond donors (Lipinski definition) is 2. The lowest BCUT2D eigenvalue weighted by molar-refractivity contribution is -0.153. The van der Waals surface area contributed by atoms with E-state index < -0.39 is 67.3 Å². The molecule has 16 nitrogen and oxygen atoms in total. The molecule has 4 aliphatic rings. The topological polar surface area (TPSA) is 204 Å². The van der Waals surface area contributed by atoms with Gasteiger partial charge in [-0.15, -0.1) is 0 Å². The van der Waals surface area contributed by atoms with Crippen molar-refractivity contribution in [3.8, 4) is 11.1 Å². The zero-order chi connectivity index (χ0) is 42.4. The van der Waals surface area contributed by atoms with Crippen LogP contribution in [0.1, 0.15) is 95.3 Å². The summed E-state index contributed by atoms with van der Waals surface area (Å²) in [5.41, 5.74) is 6.87. The van der Waals surface area contributed by atoms with Gasteiger partial charge in [0.1, 0.15) is 24.7 Å². The number of ether oxygens (including phenoxy) is 4. The lowest BCUT2D eigenvalue weighted by Crippen LogP contribution is -2.54. The van der Waals surface area contributed by atoms with Crippen LogP contribution in [-0.4, -0.2) is 122 Å². The Hall–Kier alpha value is -5.80. The van der Waals surface area contributed by atoms with Crippen LogP contribution in [0.3, 0.4) is 0 Å². The summed E-state index contributed by atoms with van der Waals surface area (Å²) < 4.78 is 20.2. The highest BCUT2D eigenvalue weighted by atomic mass is 16.6. The molecule has 2 aromatic carbocycles. The third-order valence-electron chi connectivity index (χ3n) is 11.8. The maximum absolute atomic E-state index is 13.6. The minimum absolute atomic E-state index is 0.260. The van der Waals surface area contributed by atoms with Crippen LogP contribution < -0.4 is 10.6 Å². The van der Waals surface area contributed by atoms with Gasteiger partial charge in [-0.2, -0.15) is 0 Å². The first-order chi connectivity index (χ1) is 28.3. The Labute approximate surface area is 342 Å². The zero-order valence-electron chi connectivity index (χ0n) is 34.0. The van der Waals surface area contributed by atoms with Gasteiger partial charge in [-0.3, -0.25) is 19.2 Å². The van der Waals surface area contributed by atoms with E-state index >= 15 is 0 Å². The highest BCUT2D eigenvalue weighted by molar-refractivity contribution is 6.02. The van der Waals surface area contributed by atoms with Crippen molar-refractivity contribution in [2.45, 2.75) is 96.2 Å². The smallest absolute Gasteiger partial charge is 0.407 e. The molecule has 2 N–H and O–H groups in total. The van der Waals surface area contributed by atoms with Crippen molar-refractivity contribution in [3.63, 3.8) is 0 Å². The molecule has 2 heterocycles. The normalized spacial score (nSPS) is 18.5. The zero-order valence-corrected chi connectivity index (χ0v) is 34.0. The van der Waals surface area contributed by atoms with Gasteiger partial charge in [-0.25, -0.2) is 19.2 Å². The number of Topliss-reactive ketones (excluding diaryl/α,β-unsaturated/α-hetero) is 2. The van der Waals surface area contributed by atoms with Crippen LogP contribution in [0, 0.1) is 5.92 Å². The van der Waals surface area contributed by atoms with E-state index in [1.54, 1.807) is 26.0 Å². The third-order valence-corrected chi connectivity index (χ3v) is 11.8. The van der Waals surface area contributed by atoms with Gasteiger partial charge in [0, 0.05) is 24.2 Å². The minimum Gasteiger partial charge on any atom is -0.456 e. The summed E-state index contributed by atoms with van der Waals surface area (Å²) in [6, 6.07) is 4.77. The first-order valence-electron chi connectivity index (χ1n) is 20.3. The predicted molar refractivity (Wildman–Crippen MR) is 211 cm³/mol. The van der Waals surface area contributed by atoms with Gasteiger partial charge < -0.3 is 39.4 Å². The van der Waals surface area contributed by atoms with Crippen LogP contribution in [0.2, 0.25) is 0 Å². The standard InChI is InChI=1S/C43H52N4O12/c1-24(2)38(45-43(55)57-4)39(51)47-20-8-14-34(47)41(53)59-23-36(49)32-18-16-30(26-10-6-12-28(26)32)29-15-17-31(27-11-5-9-25(27)29)35(48)22-58-40(52)33-13-7-19-46(33)37(50)21-44-42(54)56-3/h15-18,24,33-34,38H,5-14,19-23H2,1-4H3,(H,44,54)(H,45,55)/t33-,34-,38-/m0/s1. The number of carbonyl (C=O) groups is 8. The molecule has 0 aromatic heterocycles.